The summed E-state index contributed by atoms with van der Waals surface area (Å²) in [7, 11) is 2.26. The third-order valence-corrected chi connectivity index (χ3v) is 7.05. The van der Waals surface area contributed by atoms with Crippen molar-refractivity contribution in [2.24, 2.45) is 0 Å². The Morgan fingerprint density at radius 1 is 1.00 bits per heavy atom. The highest BCUT2D eigenvalue weighted by atomic mass is 16.5. The van der Waals surface area contributed by atoms with E-state index in [4.69, 9.17) is 10.00 Å². The molecule has 1 aromatic heterocycles. The molecule has 3 heterocycles. The van der Waals surface area contributed by atoms with Gasteiger partial charge in [0.05, 0.1) is 17.3 Å². The number of ether oxygens (including phenoxy) is 1. The van der Waals surface area contributed by atoms with Crippen molar-refractivity contribution >= 4 is 0 Å². The molecule has 0 amide bonds. The van der Waals surface area contributed by atoms with Gasteiger partial charge in [0, 0.05) is 36.9 Å². The van der Waals surface area contributed by atoms with Gasteiger partial charge >= 0.3 is 0 Å². The second-order valence-corrected chi connectivity index (χ2v) is 9.25. The molecule has 168 valence electrons. The first-order chi connectivity index (χ1) is 16.2. The van der Waals surface area contributed by atoms with Gasteiger partial charge in [-0.2, -0.15) is 5.26 Å². The number of piperidine rings is 1. The lowest BCUT2D eigenvalue weighted by molar-refractivity contribution is 0.0661. The lowest BCUT2D eigenvalue weighted by Crippen LogP contribution is -2.43. The molecule has 2 aliphatic heterocycles. The van der Waals surface area contributed by atoms with Crippen molar-refractivity contribution in [2.45, 2.75) is 57.0 Å². The van der Waals surface area contributed by atoms with Crippen molar-refractivity contribution in [1.82, 2.24) is 15.2 Å². The quantitative estimate of drug-likeness (QED) is 0.568. The van der Waals surface area contributed by atoms with Gasteiger partial charge in [0.25, 0.3) is 0 Å². The zero-order valence-corrected chi connectivity index (χ0v) is 19.1. The van der Waals surface area contributed by atoms with Crippen molar-refractivity contribution in [3.05, 3.63) is 83.6 Å². The number of nitrogens with one attached hydrogen (secondary N) is 1. The summed E-state index contributed by atoms with van der Waals surface area (Å²) in [6.45, 7) is 1.54. The molecule has 2 fully saturated rings. The standard InChI is InChI=1S/C28H30N4O/c1-32-24-10-11-25(32)15-27(14-24)33-26-4-2-3-21(13-26)17-30-18-22-7-12-28(31-19-22)23-8-5-20(16-29)6-9-23/h2-9,12-13,19,24-25,27,30H,10-11,14-15,17-18H2,1H3/t24-,25+,27?. The Hall–Kier alpha value is -3.20. The molecule has 3 atom stereocenters. The summed E-state index contributed by atoms with van der Waals surface area (Å²) in [4.78, 5) is 7.13. The molecule has 0 saturated carbocycles. The Kier molecular flexibility index (Phi) is 6.39. The van der Waals surface area contributed by atoms with Gasteiger partial charge in [-0.3, -0.25) is 4.98 Å². The summed E-state index contributed by atoms with van der Waals surface area (Å²) in [6, 6.07) is 23.6. The number of fused-ring (bicyclic) bond motifs is 2. The SMILES string of the molecule is CN1[C@@H]2CC[C@H]1CC(Oc1cccc(CNCc3ccc(-c4ccc(C#N)cc4)nc3)c1)C2. The average molecular weight is 439 g/mol. The second kappa shape index (κ2) is 9.74. The van der Waals surface area contributed by atoms with Crippen LogP contribution in [-0.2, 0) is 13.1 Å². The van der Waals surface area contributed by atoms with Crippen molar-refractivity contribution in [3.63, 3.8) is 0 Å². The van der Waals surface area contributed by atoms with Crippen molar-refractivity contribution in [2.75, 3.05) is 7.05 Å². The monoisotopic (exact) mass is 438 g/mol. The van der Waals surface area contributed by atoms with E-state index in [2.05, 4.69) is 58.6 Å². The van der Waals surface area contributed by atoms with E-state index in [-0.39, 0.29) is 0 Å². The Morgan fingerprint density at radius 3 is 2.45 bits per heavy atom. The van der Waals surface area contributed by atoms with E-state index < -0.39 is 0 Å². The fourth-order valence-corrected chi connectivity index (χ4v) is 5.15. The number of pyridine rings is 1. The molecule has 1 unspecified atom stereocenters. The minimum atomic E-state index is 0.336. The van der Waals surface area contributed by atoms with Crippen molar-refractivity contribution in [3.8, 4) is 23.1 Å². The molecular formula is C28H30N4O. The van der Waals surface area contributed by atoms with E-state index in [1.165, 1.54) is 18.4 Å². The molecule has 1 N–H and O–H groups in total. The largest absolute Gasteiger partial charge is 0.490 e. The molecule has 0 radical (unpaired) electrons. The highest BCUT2D eigenvalue weighted by molar-refractivity contribution is 5.60. The molecule has 3 aromatic rings. The summed E-state index contributed by atoms with van der Waals surface area (Å²) in [6.07, 6.45) is 7.15. The van der Waals surface area contributed by atoms with Crippen LogP contribution in [0, 0.1) is 11.3 Å². The van der Waals surface area contributed by atoms with Gasteiger partial charge in [-0.05, 0) is 74.2 Å². The van der Waals surface area contributed by atoms with Crippen LogP contribution in [0.4, 0.5) is 0 Å². The van der Waals surface area contributed by atoms with Crippen LogP contribution in [0.2, 0.25) is 0 Å². The normalized spacial score (nSPS) is 22.1. The topological polar surface area (TPSA) is 61.2 Å². The van der Waals surface area contributed by atoms with Crippen molar-refractivity contribution < 1.29 is 4.74 Å². The van der Waals surface area contributed by atoms with E-state index in [1.807, 2.05) is 36.5 Å². The average Bonchev–Trinajstić information content (AvgIpc) is 3.05. The minimum Gasteiger partial charge on any atom is -0.490 e. The van der Waals surface area contributed by atoms with Crippen molar-refractivity contribution in [1.29, 1.82) is 5.26 Å². The van der Waals surface area contributed by atoms with Crippen LogP contribution < -0.4 is 10.1 Å². The Balaban J connectivity index is 1.12. The number of nitriles is 1. The van der Waals surface area contributed by atoms with E-state index >= 15 is 0 Å². The number of hydrogen-bond donors (Lipinski definition) is 1. The number of rotatable bonds is 7. The fourth-order valence-electron chi connectivity index (χ4n) is 5.15. The van der Waals surface area contributed by atoms with E-state index in [9.17, 15) is 0 Å². The molecular weight excluding hydrogens is 408 g/mol. The van der Waals surface area contributed by atoms with Gasteiger partial charge in [0.15, 0.2) is 0 Å². The van der Waals surface area contributed by atoms with Gasteiger partial charge in [0.1, 0.15) is 11.9 Å². The zero-order valence-electron chi connectivity index (χ0n) is 19.1. The van der Waals surface area contributed by atoms with Crippen LogP contribution in [0.5, 0.6) is 5.75 Å². The fraction of sp³-hybridized carbons (Fsp3) is 0.357. The van der Waals surface area contributed by atoms with Crippen LogP contribution in [0.15, 0.2) is 66.9 Å². The first-order valence-corrected chi connectivity index (χ1v) is 11.8. The maximum absolute atomic E-state index is 8.94. The van der Waals surface area contributed by atoms with Crippen LogP contribution in [0.25, 0.3) is 11.3 Å². The molecule has 33 heavy (non-hydrogen) atoms. The predicted molar refractivity (Wildman–Crippen MR) is 130 cm³/mol. The molecule has 0 spiro atoms. The van der Waals surface area contributed by atoms with Crippen LogP contribution in [0.3, 0.4) is 0 Å². The van der Waals surface area contributed by atoms with E-state index in [1.54, 1.807) is 0 Å². The predicted octanol–water partition coefficient (Wildman–Crippen LogP) is 4.91. The Bertz CT molecular complexity index is 1110. The van der Waals surface area contributed by atoms with Gasteiger partial charge in [-0.1, -0.05) is 30.3 Å². The van der Waals surface area contributed by atoms with Crippen LogP contribution >= 0.6 is 0 Å². The third kappa shape index (κ3) is 5.08. The van der Waals surface area contributed by atoms with Crippen LogP contribution in [-0.4, -0.2) is 35.1 Å². The highest BCUT2D eigenvalue weighted by Crippen LogP contribution is 2.36. The Labute approximate surface area is 196 Å². The maximum Gasteiger partial charge on any atom is 0.120 e. The number of hydrogen-bond acceptors (Lipinski definition) is 5. The number of nitrogens with zero attached hydrogens (tertiary/aromatic N) is 3. The third-order valence-electron chi connectivity index (χ3n) is 7.05. The molecule has 5 nitrogen and oxygen atoms in total. The molecule has 2 saturated heterocycles. The van der Waals surface area contributed by atoms with Gasteiger partial charge in [-0.25, -0.2) is 0 Å². The number of aromatic nitrogens is 1. The van der Waals surface area contributed by atoms with Gasteiger partial charge in [-0.15, -0.1) is 0 Å². The number of benzene rings is 2. The van der Waals surface area contributed by atoms with Gasteiger partial charge in [0.2, 0.25) is 0 Å². The summed E-state index contributed by atoms with van der Waals surface area (Å²) >= 11 is 0. The summed E-state index contributed by atoms with van der Waals surface area (Å²) in [5.41, 5.74) is 4.96. The summed E-state index contributed by atoms with van der Waals surface area (Å²) in [5.74, 6) is 0.983. The molecule has 0 aliphatic carbocycles. The van der Waals surface area contributed by atoms with E-state index in [0.717, 1.165) is 48.5 Å². The molecule has 2 aromatic carbocycles. The highest BCUT2D eigenvalue weighted by Gasteiger charge is 2.39. The smallest absolute Gasteiger partial charge is 0.120 e. The van der Waals surface area contributed by atoms with Crippen LogP contribution in [0.1, 0.15) is 42.4 Å². The molecule has 5 rings (SSSR count). The summed E-state index contributed by atoms with van der Waals surface area (Å²) < 4.78 is 6.38. The second-order valence-electron chi connectivity index (χ2n) is 9.25. The lowest BCUT2D eigenvalue weighted by Gasteiger charge is -2.36. The first-order valence-electron chi connectivity index (χ1n) is 11.8. The molecule has 2 aliphatic rings. The molecule has 5 heteroatoms. The minimum absolute atomic E-state index is 0.336. The lowest BCUT2D eigenvalue weighted by atomic mass is 10.0. The molecule has 2 bridgehead atoms. The zero-order chi connectivity index (χ0) is 22.6. The van der Waals surface area contributed by atoms with Gasteiger partial charge < -0.3 is 15.0 Å². The first kappa shape index (κ1) is 21.6. The van der Waals surface area contributed by atoms with E-state index in [0.29, 0.717) is 23.8 Å². The maximum atomic E-state index is 8.94. The Morgan fingerprint density at radius 2 is 1.76 bits per heavy atom. The summed E-state index contributed by atoms with van der Waals surface area (Å²) in [5, 5.41) is 12.5.